The minimum absolute atomic E-state index is 0.668. The van der Waals surface area contributed by atoms with Crippen LogP contribution in [0.4, 0.5) is 0 Å². The van der Waals surface area contributed by atoms with Crippen molar-refractivity contribution in [3.8, 4) is 0 Å². The van der Waals surface area contributed by atoms with Crippen LogP contribution in [0.3, 0.4) is 0 Å². The number of hydrogen-bond donors (Lipinski definition) is 0. The molecule has 0 radical (unpaired) electrons. The van der Waals surface area contributed by atoms with Gasteiger partial charge in [0.1, 0.15) is 0 Å². The average Bonchev–Trinajstić information content (AvgIpc) is 2.63. The van der Waals surface area contributed by atoms with E-state index in [0.29, 0.717) is 5.92 Å². The van der Waals surface area contributed by atoms with Gasteiger partial charge in [0, 0.05) is 23.0 Å². The van der Waals surface area contributed by atoms with Crippen molar-refractivity contribution >= 4 is 11.8 Å². The van der Waals surface area contributed by atoms with Gasteiger partial charge < -0.3 is 0 Å². The van der Waals surface area contributed by atoms with Crippen molar-refractivity contribution in [2.24, 2.45) is 0 Å². The van der Waals surface area contributed by atoms with Gasteiger partial charge in [-0.05, 0) is 29.9 Å². The maximum absolute atomic E-state index is 4.30. The first-order valence-corrected chi connectivity index (χ1v) is 5.91. The first-order chi connectivity index (χ1) is 6.33. The van der Waals surface area contributed by atoms with E-state index in [2.05, 4.69) is 25.0 Å². The minimum Gasteiger partial charge on any atom is -0.263 e. The standard InChI is InChI=1S/C11H15NS/c1-3-8(2)10-6-12-7-11-9(10)4-5-13-11/h6-8H,3-5H2,1-2H3. The molecule has 0 fully saturated rings. The number of fused-ring (bicyclic) bond motifs is 1. The topological polar surface area (TPSA) is 12.9 Å². The molecule has 1 aliphatic heterocycles. The number of rotatable bonds is 2. The second kappa shape index (κ2) is 3.70. The number of aromatic nitrogens is 1. The summed E-state index contributed by atoms with van der Waals surface area (Å²) in [6.45, 7) is 4.53. The Morgan fingerprint density at radius 3 is 3.15 bits per heavy atom. The van der Waals surface area contributed by atoms with Gasteiger partial charge in [0.25, 0.3) is 0 Å². The molecule has 2 heterocycles. The largest absolute Gasteiger partial charge is 0.263 e. The Labute approximate surface area is 84.0 Å². The summed E-state index contributed by atoms with van der Waals surface area (Å²) in [6.07, 6.45) is 6.52. The fourth-order valence-electron chi connectivity index (χ4n) is 1.78. The van der Waals surface area contributed by atoms with Gasteiger partial charge in [-0.2, -0.15) is 0 Å². The van der Waals surface area contributed by atoms with Crippen molar-refractivity contribution in [3.05, 3.63) is 23.5 Å². The highest BCUT2D eigenvalue weighted by molar-refractivity contribution is 7.99. The molecule has 1 unspecified atom stereocenters. The highest BCUT2D eigenvalue weighted by Gasteiger charge is 2.17. The molecule has 0 N–H and O–H groups in total. The summed E-state index contributed by atoms with van der Waals surface area (Å²) in [7, 11) is 0. The lowest BCUT2D eigenvalue weighted by Gasteiger charge is -2.12. The summed E-state index contributed by atoms with van der Waals surface area (Å²) in [6, 6.07) is 0. The summed E-state index contributed by atoms with van der Waals surface area (Å²) in [5.74, 6) is 1.91. The predicted octanol–water partition coefficient (Wildman–Crippen LogP) is 3.24. The van der Waals surface area contributed by atoms with E-state index in [1.165, 1.54) is 29.1 Å². The average molecular weight is 193 g/mol. The maximum atomic E-state index is 4.30. The normalized spacial score (nSPS) is 17.1. The van der Waals surface area contributed by atoms with Crippen molar-refractivity contribution < 1.29 is 0 Å². The Morgan fingerprint density at radius 1 is 1.54 bits per heavy atom. The molecule has 1 aliphatic rings. The van der Waals surface area contributed by atoms with Crippen molar-refractivity contribution in [3.63, 3.8) is 0 Å². The monoisotopic (exact) mass is 193 g/mol. The molecule has 1 atom stereocenters. The van der Waals surface area contributed by atoms with E-state index in [1.54, 1.807) is 5.56 Å². The van der Waals surface area contributed by atoms with Crippen LogP contribution in [0.1, 0.15) is 37.3 Å². The van der Waals surface area contributed by atoms with E-state index >= 15 is 0 Å². The van der Waals surface area contributed by atoms with Crippen LogP contribution in [-0.4, -0.2) is 10.7 Å². The first-order valence-electron chi connectivity index (χ1n) is 4.92. The molecular weight excluding hydrogens is 178 g/mol. The molecule has 1 aromatic rings. The van der Waals surface area contributed by atoms with Crippen LogP contribution in [0, 0.1) is 0 Å². The lowest BCUT2D eigenvalue weighted by atomic mass is 9.95. The Hall–Kier alpha value is -0.500. The van der Waals surface area contributed by atoms with E-state index in [4.69, 9.17) is 0 Å². The lowest BCUT2D eigenvalue weighted by Crippen LogP contribution is -1.98. The smallest absolute Gasteiger partial charge is 0.0406 e. The number of thioether (sulfide) groups is 1. The van der Waals surface area contributed by atoms with E-state index < -0.39 is 0 Å². The van der Waals surface area contributed by atoms with Crippen molar-refractivity contribution in [2.75, 3.05) is 5.75 Å². The lowest BCUT2D eigenvalue weighted by molar-refractivity contribution is 0.716. The molecule has 0 amide bonds. The van der Waals surface area contributed by atoms with Crippen LogP contribution in [0.15, 0.2) is 17.3 Å². The third kappa shape index (κ3) is 1.60. The third-order valence-corrected chi connectivity index (χ3v) is 3.88. The van der Waals surface area contributed by atoms with Crippen molar-refractivity contribution in [1.29, 1.82) is 0 Å². The molecule has 2 rings (SSSR count). The molecule has 0 aromatic carbocycles. The van der Waals surface area contributed by atoms with Crippen LogP contribution in [-0.2, 0) is 6.42 Å². The fourth-order valence-corrected chi connectivity index (χ4v) is 2.84. The summed E-state index contributed by atoms with van der Waals surface area (Å²) >= 11 is 1.95. The molecular formula is C11H15NS. The van der Waals surface area contributed by atoms with Gasteiger partial charge in [-0.1, -0.05) is 13.8 Å². The van der Waals surface area contributed by atoms with E-state index in [1.807, 2.05) is 18.0 Å². The molecule has 0 spiro atoms. The van der Waals surface area contributed by atoms with Gasteiger partial charge in [0.05, 0.1) is 0 Å². The Kier molecular flexibility index (Phi) is 2.58. The fraction of sp³-hybridized carbons (Fsp3) is 0.545. The quantitative estimate of drug-likeness (QED) is 0.715. The second-order valence-corrected chi connectivity index (χ2v) is 4.75. The van der Waals surface area contributed by atoms with Gasteiger partial charge in [-0.25, -0.2) is 0 Å². The highest BCUT2D eigenvalue weighted by Crippen LogP contribution is 2.35. The van der Waals surface area contributed by atoms with Gasteiger partial charge in [-0.15, -0.1) is 11.8 Å². The summed E-state index contributed by atoms with van der Waals surface area (Å²) in [5, 5.41) is 0. The summed E-state index contributed by atoms with van der Waals surface area (Å²) in [4.78, 5) is 5.72. The van der Waals surface area contributed by atoms with Crippen LogP contribution in [0.2, 0.25) is 0 Å². The number of nitrogens with zero attached hydrogens (tertiary/aromatic N) is 1. The van der Waals surface area contributed by atoms with Gasteiger partial charge >= 0.3 is 0 Å². The number of hydrogen-bond acceptors (Lipinski definition) is 2. The number of pyridine rings is 1. The molecule has 1 nitrogen and oxygen atoms in total. The SMILES string of the molecule is CCC(C)c1cncc2c1CCS2. The van der Waals surface area contributed by atoms with Crippen LogP contribution >= 0.6 is 11.8 Å². The van der Waals surface area contributed by atoms with Gasteiger partial charge in [-0.3, -0.25) is 4.98 Å². The predicted molar refractivity (Wildman–Crippen MR) is 57.4 cm³/mol. The Balaban J connectivity index is 2.41. The molecule has 0 bridgehead atoms. The molecule has 70 valence electrons. The van der Waals surface area contributed by atoms with Gasteiger partial charge in [0.2, 0.25) is 0 Å². The molecule has 0 saturated carbocycles. The zero-order valence-corrected chi connectivity index (χ0v) is 9.03. The van der Waals surface area contributed by atoms with Crippen molar-refractivity contribution in [2.45, 2.75) is 37.5 Å². The minimum atomic E-state index is 0.668. The van der Waals surface area contributed by atoms with E-state index in [9.17, 15) is 0 Å². The van der Waals surface area contributed by atoms with Crippen LogP contribution in [0.25, 0.3) is 0 Å². The zero-order chi connectivity index (χ0) is 9.26. The van der Waals surface area contributed by atoms with Crippen LogP contribution < -0.4 is 0 Å². The zero-order valence-electron chi connectivity index (χ0n) is 8.21. The van der Waals surface area contributed by atoms with Crippen LogP contribution in [0.5, 0.6) is 0 Å². The highest BCUT2D eigenvalue weighted by atomic mass is 32.2. The molecule has 0 saturated heterocycles. The van der Waals surface area contributed by atoms with E-state index in [0.717, 1.165) is 0 Å². The Bertz CT molecular complexity index is 309. The van der Waals surface area contributed by atoms with Crippen molar-refractivity contribution in [1.82, 2.24) is 4.98 Å². The third-order valence-electron chi connectivity index (χ3n) is 2.80. The second-order valence-electron chi connectivity index (χ2n) is 3.61. The maximum Gasteiger partial charge on any atom is 0.0406 e. The molecule has 0 aliphatic carbocycles. The summed E-state index contributed by atoms with van der Waals surface area (Å²) in [5.41, 5.74) is 3.04. The van der Waals surface area contributed by atoms with Gasteiger partial charge in [0.15, 0.2) is 0 Å². The Morgan fingerprint density at radius 2 is 2.38 bits per heavy atom. The van der Waals surface area contributed by atoms with E-state index in [-0.39, 0.29) is 0 Å². The molecule has 13 heavy (non-hydrogen) atoms. The molecule has 1 aromatic heterocycles. The summed E-state index contributed by atoms with van der Waals surface area (Å²) < 4.78 is 0. The first kappa shape index (κ1) is 9.07. The molecule has 2 heteroatoms.